The fourth-order valence-corrected chi connectivity index (χ4v) is 2.21. The molecule has 0 aliphatic carbocycles. The third-order valence-corrected chi connectivity index (χ3v) is 3.15. The number of pyridine rings is 1. The monoisotopic (exact) mass is 243 g/mol. The van der Waals surface area contributed by atoms with E-state index in [1.807, 2.05) is 21.8 Å². The summed E-state index contributed by atoms with van der Waals surface area (Å²) in [5.41, 5.74) is 0.497. The van der Waals surface area contributed by atoms with Crippen molar-refractivity contribution >= 4 is 5.91 Å². The van der Waals surface area contributed by atoms with E-state index >= 15 is 0 Å². The second kappa shape index (κ2) is 4.56. The van der Waals surface area contributed by atoms with Gasteiger partial charge in [-0.25, -0.2) is 4.68 Å². The van der Waals surface area contributed by atoms with Crippen molar-refractivity contribution < 1.29 is 4.79 Å². The summed E-state index contributed by atoms with van der Waals surface area (Å²) in [6.45, 7) is 1.40. The van der Waals surface area contributed by atoms with E-state index in [2.05, 4.69) is 15.3 Å². The normalized spacial score (nSPS) is 19.1. The van der Waals surface area contributed by atoms with Gasteiger partial charge in [0.05, 0.1) is 12.2 Å². The molecule has 18 heavy (non-hydrogen) atoms. The summed E-state index contributed by atoms with van der Waals surface area (Å²) in [4.78, 5) is 18.1. The highest BCUT2D eigenvalue weighted by atomic mass is 16.2. The number of likely N-dealkylation sites (tertiary alicyclic amines) is 1. The lowest BCUT2D eigenvalue weighted by Gasteiger charge is -2.15. The lowest BCUT2D eigenvalue weighted by molar-refractivity contribution is 0.0781. The Balaban J connectivity index is 1.71. The second-order valence-electron chi connectivity index (χ2n) is 4.29. The summed E-state index contributed by atoms with van der Waals surface area (Å²) in [6.07, 6.45) is 6.03. The van der Waals surface area contributed by atoms with Gasteiger partial charge in [0.15, 0.2) is 0 Å². The van der Waals surface area contributed by atoms with E-state index in [4.69, 9.17) is 0 Å². The molecule has 0 radical (unpaired) electrons. The van der Waals surface area contributed by atoms with E-state index in [0.29, 0.717) is 12.2 Å². The van der Waals surface area contributed by atoms with Gasteiger partial charge in [0.2, 0.25) is 0 Å². The quantitative estimate of drug-likeness (QED) is 0.781. The molecule has 1 unspecified atom stereocenters. The minimum atomic E-state index is -0.0155. The zero-order chi connectivity index (χ0) is 12.4. The molecule has 6 heteroatoms. The van der Waals surface area contributed by atoms with Gasteiger partial charge in [-0.2, -0.15) is 0 Å². The lowest BCUT2D eigenvalue weighted by atomic mass is 10.3. The highest BCUT2D eigenvalue weighted by Gasteiger charge is 2.28. The fraction of sp³-hybridized carbons (Fsp3) is 0.333. The van der Waals surface area contributed by atoms with Crippen molar-refractivity contribution in [2.24, 2.45) is 0 Å². The first-order valence-electron chi connectivity index (χ1n) is 5.91. The maximum atomic E-state index is 12.2. The van der Waals surface area contributed by atoms with Crippen LogP contribution in [0.5, 0.6) is 0 Å². The molecule has 92 valence electrons. The Kier molecular flexibility index (Phi) is 2.76. The van der Waals surface area contributed by atoms with Crippen molar-refractivity contribution in [3.8, 4) is 0 Å². The molecule has 0 bridgehead atoms. The van der Waals surface area contributed by atoms with Gasteiger partial charge in [-0.3, -0.25) is 9.78 Å². The highest BCUT2D eigenvalue weighted by molar-refractivity contribution is 5.92. The Morgan fingerprint density at radius 2 is 2.28 bits per heavy atom. The predicted molar refractivity (Wildman–Crippen MR) is 63.8 cm³/mol. The summed E-state index contributed by atoms with van der Waals surface area (Å²) in [5, 5.41) is 7.77. The number of rotatable bonds is 2. The molecule has 1 amide bonds. The summed E-state index contributed by atoms with van der Waals surface area (Å²) in [5.74, 6) is -0.0155. The maximum absolute atomic E-state index is 12.2. The van der Waals surface area contributed by atoms with Crippen LogP contribution in [0.3, 0.4) is 0 Å². The number of carbonyl (C=O) groups excluding carboxylic acids is 1. The third kappa shape index (κ3) is 1.97. The predicted octanol–water partition coefficient (Wildman–Crippen LogP) is 0.760. The van der Waals surface area contributed by atoms with Crippen molar-refractivity contribution in [2.75, 3.05) is 13.1 Å². The molecular formula is C12H13N5O. The molecule has 0 saturated carbocycles. The first kappa shape index (κ1) is 10.9. The zero-order valence-corrected chi connectivity index (χ0v) is 9.81. The van der Waals surface area contributed by atoms with Crippen molar-refractivity contribution in [2.45, 2.75) is 12.5 Å². The highest BCUT2D eigenvalue weighted by Crippen LogP contribution is 2.21. The SMILES string of the molecule is O=C(c1ccccn1)N1CCC(n2ccnn2)C1. The van der Waals surface area contributed by atoms with Crippen LogP contribution in [-0.2, 0) is 0 Å². The van der Waals surface area contributed by atoms with Gasteiger partial charge in [0.1, 0.15) is 5.69 Å². The minimum Gasteiger partial charge on any atom is -0.335 e. The van der Waals surface area contributed by atoms with Crippen molar-refractivity contribution in [3.63, 3.8) is 0 Å². The molecule has 0 aromatic carbocycles. The van der Waals surface area contributed by atoms with Gasteiger partial charge >= 0.3 is 0 Å². The van der Waals surface area contributed by atoms with E-state index in [1.165, 1.54) is 0 Å². The summed E-state index contributed by atoms with van der Waals surface area (Å²) >= 11 is 0. The molecule has 2 aromatic heterocycles. The Morgan fingerprint density at radius 1 is 1.33 bits per heavy atom. The van der Waals surface area contributed by atoms with Crippen LogP contribution >= 0.6 is 0 Å². The molecule has 3 rings (SSSR count). The molecule has 1 fully saturated rings. The Morgan fingerprint density at radius 3 is 3.00 bits per heavy atom. The standard InChI is InChI=1S/C12H13N5O/c18-12(11-3-1-2-5-13-11)16-7-4-10(9-16)17-8-6-14-15-17/h1-3,5-6,8,10H,4,7,9H2. The van der Waals surface area contributed by atoms with Crippen LogP contribution in [-0.4, -0.2) is 43.9 Å². The van der Waals surface area contributed by atoms with Crippen LogP contribution in [0.4, 0.5) is 0 Å². The molecular weight excluding hydrogens is 230 g/mol. The molecule has 1 saturated heterocycles. The van der Waals surface area contributed by atoms with Gasteiger partial charge < -0.3 is 4.90 Å². The third-order valence-electron chi connectivity index (χ3n) is 3.15. The number of hydrogen-bond donors (Lipinski definition) is 0. The smallest absolute Gasteiger partial charge is 0.272 e. The summed E-state index contributed by atoms with van der Waals surface area (Å²) in [7, 11) is 0. The average Bonchev–Trinajstić information content (AvgIpc) is 3.09. The molecule has 2 aromatic rings. The zero-order valence-electron chi connectivity index (χ0n) is 9.81. The van der Waals surface area contributed by atoms with Gasteiger partial charge in [-0.1, -0.05) is 11.3 Å². The largest absolute Gasteiger partial charge is 0.335 e. The van der Waals surface area contributed by atoms with Gasteiger partial charge in [-0.05, 0) is 18.6 Å². The topological polar surface area (TPSA) is 63.9 Å². The second-order valence-corrected chi connectivity index (χ2v) is 4.29. The molecule has 0 spiro atoms. The Hall–Kier alpha value is -2.24. The first-order valence-corrected chi connectivity index (χ1v) is 5.91. The average molecular weight is 243 g/mol. The Labute approximate surface area is 104 Å². The van der Waals surface area contributed by atoms with Crippen molar-refractivity contribution in [1.29, 1.82) is 0 Å². The van der Waals surface area contributed by atoms with E-state index < -0.39 is 0 Å². The van der Waals surface area contributed by atoms with Gasteiger partial charge in [-0.15, -0.1) is 5.10 Å². The van der Waals surface area contributed by atoms with Crippen LogP contribution in [0.25, 0.3) is 0 Å². The number of carbonyl (C=O) groups is 1. The first-order chi connectivity index (χ1) is 8.84. The van der Waals surface area contributed by atoms with Crippen molar-refractivity contribution in [1.82, 2.24) is 24.9 Å². The maximum Gasteiger partial charge on any atom is 0.272 e. The van der Waals surface area contributed by atoms with Crippen LogP contribution in [0.15, 0.2) is 36.8 Å². The fourth-order valence-electron chi connectivity index (χ4n) is 2.21. The van der Waals surface area contributed by atoms with Crippen LogP contribution in [0.2, 0.25) is 0 Å². The summed E-state index contributed by atoms with van der Waals surface area (Å²) < 4.78 is 1.81. The van der Waals surface area contributed by atoms with Crippen LogP contribution in [0, 0.1) is 0 Å². The number of hydrogen-bond acceptors (Lipinski definition) is 4. The van der Waals surface area contributed by atoms with E-state index in [1.54, 1.807) is 24.5 Å². The molecule has 0 N–H and O–H groups in total. The molecule has 3 heterocycles. The number of amides is 1. The lowest BCUT2D eigenvalue weighted by Crippen LogP contribution is -2.29. The van der Waals surface area contributed by atoms with Crippen LogP contribution < -0.4 is 0 Å². The van der Waals surface area contributed by atoms with E-state index in [9.17, 15) is 4.79 Å². The molecule has 1 aliphatic rings. The van der Waals surface area contributed by atoms with E-state index in [0.717, 1.165) is 13.0 Å². The molecule has 1 atom stereocenters. The number of nitrogens with zero attached hydrogens (tertiary/aromatic N) is 5. The minimum absolute atomic E-state index is 0.0155. The molecule has 1 aliphatic heterocycles. The van der Waals surface area contributed by atoms with Gasteiger partial charge in [0, 0.05) is 25.5 Å². The van der Waals surface area contributed by atoms with Crippen LogP contribution in [0.1, 0.15) is 23.0 Å². The van der Waals surface area contributed by atoms with Crippen molar-refractivity contribution in [3.05, 3.63) is 42.5 Å². The van der Waals surface area contributed by atoms with E-state index in [-0.39, 0.29) is 11.9 Å². The summed E-state index contributed by atoms with van der Waals surface area (Å²) in [6, 6.07) is 5.59. The Bertz CT molecular complexity index is 525. The molecule has 6 nitrogen and oxygen atoms in total. The number of aromatic nitrogens is 4. The van der Waals surface area contributed by atoms with Gasteiger partial charge in [0.25, 0.3) is 5.91 Å².